The molecule has 17 heavy (non-hydrogen) atoms. The SMILES string of the molecule is O=[N+]([O-])c1ccc(CC2CCCC2Cl)c(Cl)c1. The summed E-state index contributed by atoms with van der Waals surface area (Å²) in [6.07, 6.45) is 4.13. The number of non-ortho nitro benzene ring substituents is 1. The third kappa shape index (κ3) is 2.90. The van der Waals surface area contributed by atoms with Crippen molar-refractivity contribution in [3.05, 3.63) is 38.9 Å². The van der Waals surface area contributed by atoms with E-state index >= 15 is 0 Å². The number of benzene rings is 1. The number of halogens is 2. The molecule has 1 saturated carbocycles. The molecular weight excluding hydrogens is 261 g/mol. The number of nitro benzene ring substituents is 1. The molecule has 1 aliphatic rings. The second kappa shape index (κ2) is 5.23. The molecule has 3 nitrogen and oxygen atoms in total. The second-order valence-electron chi connectivity index (χ2n) is 4.44. The molecule has 0 saturated heterocycles. The van der Waals surface area contributed by atoms with E-state index in [1.807, 2.05) is 0 Å². The van der Waals surface area contributed by atoms with E-state index in [0.29, 0.717) is 10.9 Å². The van der Waals surface area contributed by atoms with Crippen molar-refractivity contribution in [3.63, 3.8) is 0 Å². The predicted molar refractivity (Wildman–Crippen MR) is 68.8 cm³/mol. The van der Waals surface area contributed by atoms with Crippen molar-refractivity contribution in [3.8, 4) is 0 Å². The summed E-state index contributed by atoms with van der Waals surface area (Å²) in [5.41, 5.74) is 0.988. The van der Waals surface area contributed by atoms with Gasteiger partial charge in [0.25, 0.3) is 5.69 Å². The molecule has 1 aromatic rings. The molecule has 5 heteroatoms. The van der Waals surface area contributed by atoms with Crippen LogP contribution in [0.5, 0.6) is 0 Å². The van der Waals surface area contributed by atoms with Gasteiger partial charge in [0, 0.05) is 17.5 Å². The Morgan fingerprint density at radius 2 is 2.18 bits per heavy atom. The van der Waals surface area contributed by atoms with Gasteiger partial charge >= 0.3 is 0 Å². The molecule has 0 bridgehead atoms. The van der Waals surface area contributed by atoms with E-state index in [1.54, 1.807) is 6.07 Å². The van der Waals surface area contributed by atoms with E-state index in [1.165, 1.54) is 12.1 Å². The van der Waals surface area contributed by atoms with Gasteiger partial charge in [-0.1, -0.05) is 24.1 Å². The zero-order valence-electron chi connectivity index (χ0n) is 9.23. The highest BCUT2D eigenvalue weighted by molar-refractivity contribution is 6.31. The zero-order chi connectivity index (χ0) is 12.4. The van der Waals surface area contributed by atoms with Gasteiger partial charge in [0.2, 0.25) is 0 Å². The van der Waals surface area contributed by atoms with Crippen molar-refractivity contribution in [1.82, 2.24) is 0 Å². The van der Waals surface area contributed by atoms with E-state index < -0.39 is 4.92 Å². The summed E-state index contributed by atoms with van der Waals surface area (Å²) in [5, 5.41) is 11.3. The van der Waals surface area contributed by atoms with Gasteiger partial charge in [-0.3, -0.25) is 10.1 Å². The number of nitro groups is 1. The smallest absolute Gasteiger partial charge is 0.258 e. The van der Waals surface area contributed by atoms with Crippen molar-refractivity contribution >= 4 is 28.9 Å². The van der Waals surface area contributed by atoms with Gasteiger partial charge in [0.15, 0.2) is 0 Å². The average Bonchev–Trinajstić information content (AvgIpc) is 2.67. The highest BCUT2D eigenvalue weighted by atomic mass is 35.5. The Labute approximate surface area is 110 Å². The van der Waals surface area contributed by atoms with E-state index in [9.17, 15) is 10.1 Å². The molecule has 0 amide bonds. The maximum atomic E-state index is 10.6. The molecule has 0 heterocycles. The van der Waals surface area contributed by atoms with Gasteiger partial charge in [-0.2, -0.15) is 0 Å². The second-order valence-corrected chi connectivity index (χ2v) is 5.41. The van der Waals surface area contributed by atoms with Gasteiger partial charge in [0.1, 0.15) is 0 Å². The van der Waals surface area contributed by atoms with Crippen molar-refractivity contribution in [2.45, 2.75) is 31.1 Å². The summed E-state index contributed by atoms with van der Waals surface area (Å²) in [6, 6.07) is 4.65. The van der Waals surface area contributed by atoms with Gasteiger partial charge < -0.3 is 0 Å². The van der Waals surface area contributed by atoms with E-state index in [0.717, 1.165) is 31.2 Å². The van der Waals surface area contributed by atoms with Crippen molar-refractivity contribution in [2.75, 3.05) is 0 Å². The number of hydrogen-bond donors (Lipinski definition) is 0. The van der Waals surface area contributed by atoms with Crippen molar-refractivity contribution in [1.29, 1.82) is 0 Å². The summed E-state index contributed by atoms with van der Waals surface area (Å²) in [5.74, 6) is 0.440. The van der Waals surface area contributed by atoms with Gasteiger partial charge in [-0.05, 0) is 30.7 Å². The van der Waals surface area contributed by atoms with Crippen LogP contribution in [-0.4, -0.2) is 10.3 Å². The molecule has 1 fully saturated rings. The molecular formula is C12H13Cl2NO2. The summed E-state index contributed by atoms with van der Waals surface area (Å²) in [7, 11) is 0. The third-order valence-electron chi connectivity index (χ3n) is 3.30. The van der Waals surface area contributed by atoms with Crippen LogP contribution in [0.2, 0.25) is 5.02 Å². The molecule has 0 aromatic heterocycles. The lowest BCUT2D eigenvalue weighted by molar-refractivity contribution is -0.384. The van der Waals surface area contributed by atoms with Gasteiger partial charge in [0.05, 0.1) is 9.95 Å². The molecule has 0 N–H and O–H groups in total. The average molecular weight is 274 g/mol. The normalized spacial score (nSPS) is 23.9. The van der Waals surface area contributed by atoms with Crippen LogP contribution in [0.25, 0.3) is 0 Å². The molecule has 1 aromatic carbocycles. The fourth-order valence-corrected chi connectivity index (χ4v) is 2.94. The highest BCUT2D eigenvalue weighted by Gasteiger charge is 2.26. The topological polar surface area (TPSA) is 43.1 Å². The first-order valence-electron chi connectivity index (χ1n) is 5.65. The number of hydrogen-bond acceptors (Lipinski definition) is 2. The first-order chi connectivity index (χ1) is 8.08. The fraction of sp³-hybridized carbons (Fsp3) is 0.500. The molecule has 1 aliphatic carbocycles. The lowest BCUT2D eigenvalue weighted by Crippen LogP contribution is -2.10. The Morgan fingerprint density at radius 1 is 1.41 bits per heavy atom. The van der Waals surface area contributed by atoms with Crippen LogP contribution in [0.15, 0.2) is 18.2 Å². The molecule has 0 aliphatic heterocycles. The molecule has 2 atom stereocenters. The van der Waals surface area contributed by atoms with Crippen LogP contribution >= 0.6 is 23.2 Å². The Bertz CT molecular complexity index is 437. The number of alkyl halides is 1. The van der Waals surface area contributed by atoms with E-state index in [4.69, 9.17) is 23.2 Å². The predicted octanol–water partition coefficient (Wildman–Crippen LogP) is 4.20. The summed E-state index contributed by atoms with van der Waals surface area (Å²) in [6.45, 7) is 0. The standard InChI is InChI=1S/C12H13Cl2NO2/c13-11-3-1-2-8(11)6-9-4-5-10(15(16)17)7-12(9)14/h4-5,7-8,11H,1-3,6H2. The summed E-state index contributed by atoms with van der Waals surface area (Å²) >= 11 is 12.3. The van der Waals surface area contributed by atoms with Gasteiger partial charge in [-0.15, -0.1) is 11.6 Å². The zero-order valence-corrected chi connectivity index (χ0v) is 10.7. The number of rotatable bonds is 3. The van der Waals surface area contributed by atoms with Crippen molar-refractivity contribution < 1.29 is 4.92 Å². The lowest BCUT2D eigenvalue weighted by atomic mass is 9.97. The Kier molecular flexibility index (Phi) is 3.89. The Hall–Kier alpha value is -0.800. The van der Waals surface area contributed by atoms with E-state index in [-0.39, 0.29) is 11.1 Å². The highest BCUT2D eigenvalue weighted by Crippen LogP contribution is 2.34. The van der Waals surface area contributed by atoms with Gasteiger partial charge in [-0.25, -0.2) is 0 Å². The van der Waals surface area contributed by atoms with E-state index in [2.05, 4.69) is 0 Å². The largest absolute Gasteiger partial charge is 0.270 e. The minimum Gasteiger partial charge on any atom is -0.258 e. The summed E-state index contributed by atoms with van der Waals surface area (Å²) < 4.78 is 0. The van der Waals surface area contributed by atoms with Crippen molar-refractivity contribution in [2.24, 2.45) is 5.92 Å². The lowest BCUT2D eigenvalue weighted by Gasteiger charge is -2.14. The van der Waals surface area contributed by atoms with Crippen LogP contribution in [0.3, 0.4) is 0 Å². The first kappa shape index (κ1) is 12.7. The van der Waals surface area contributed by atoms with Crippen LogP contribution in [0, 0.1) is 16.0 Å². The molecule has 92 valence electrons. The third-order valence-corrected chi connectivity index (χ3v) is 4.22. The number of nitrogens with zero attached hydrogens (tertiary/aromatic N) is 1. The monoisotopic (exact) mass is 273 g/mol. The van der Waals surface area contributed by atoms with Crippen LogP contribution < -0.4 is 0 Å². The summed E-state index contributed by atoms with van der Waals surface area (Å²) in [4.78, 5) is 10.2. The maximum Gasteiger partial charge on any atom is 0.270 e. The maximum absolute atomic E-state index is 10.6. The van der Waals surface area contributed by atoms with Crippen LogP contribution in [0.4, 0.5) is 5.69 Å². The van der Waals surface area contributed by atoms with Crippen LogP contribution in [0.1, 0.15) is 24.8 Å². The Morgan fingerprint density at radius 3 is 2.71 bits per heavy atom. The quantitative estimate of drug-likeness (QED) is 0.471. The molecule has 2 rings (SSSR count). The first-order valence-corrected chi connectivity index (χ1v) is 6.46. The minimum absolute atomic E-state index is 0.0348. The van der Waals surface area contributed by atoms with Crippen LogP contribution in [-0.2, 0) is 6.42 Å². The Balaban J connectivity index is 2.14. The minimum atomic E-state index is -0.435. The molecule has 0 radical (unpaired) electrons. The molecule has 0 spiro atoms. The fourth-order valence-electron chi connectivity index (χ4n) is 2.32. The molecule has 2 unspecified atom stereocenters.